The molecule has 0 aromatic heterocycles. The van der Waals surface area contributed by atoms with Crippen molar-refractivity contribution in [3.8, 4) is 11.1 Å². The van der Waals surface area contributed by atoms with Crippen LogP contribution >= 0.6 is 0 Å². The van der Waals surface area contributed by atoms with Gasteiger partial charge in [-0.15, -0.1) is 0 Å². The molecule has 0 saturated carbocycles. The van der Waals surface area contributed by atoms with Crippen molar-refractivity contribution >= 4 is 18.0 Å². The summed E-state index contributed by atoms with van der Waals surface area (Å²) in [6.45, 7) is 4.19. The molecule has 0 radical (unpaired) electrons. The van der Waals surface area contributed by atoms with E-state index in [0.29, 0.717) is 25.8 Å². The van der Waals surface area contributed by atoms with Gasteiger partial charge >= 0.3 is 12.1 Å². The minimum Gasteiger partial charge on any atom is -0.481 e. The van der Waals surface area contributed by atoms with Gasteiger partial charge in [-0.05, 0) is 41.5 Å². The van der Waals surface area contributed by atoms with E-state index in [1.54, 1.807) is 6.92 Å². The molecule has 33 heavy (non-hydrogen) atoms. The molecule has 2 amide bonds. The SMILES string of the molecule is CCC(CC(=O)NCCCC(C)C(=O)O)NC(=O)OCC1c2ccccc2-c2ccccc21. The summed E-state index contributed by atoms with van der Waals surface area (Å²) in [7, 11) is 0. The summed E-state index contributed by atoms with van der Waals surface area (Å²) in [5, 5.41) is 14.5. The van der Waals surface area contributed by atoms with Crippen molar-refractivity contribution in [2.45, 2.75) is 51.5 Å². The highest BCUT2D eigenvalue weighted by molar-refractivity contribution is 5.79. The largest absolute Gasteiger partial charge is 0.481 e. The number of carboxylic acid groups (broad SMARTS) is 1. The molecule has 7 heteroatoms. The van der Waals surface area contributed by atoms with E-state index in [4.69, 9.17) is 9.84 Å². The first-order chi connectivity index (χ1) is 15.9. The van der Waals surface area contributed by atoms with Gasteiger partial charge in [-0.2, -0.15) is 0 Å². The summed E-state index contributed by atoms with van der Waals surface area (Å²) >= 11 is 0. The van der Waals surface area contributed by atoms with Gasteiger partial charge in [0.15, 0.2) is 0 Å². The second-order valence-electron chi connectivity index (χ2n) is 8.51. The molecule has 0 spiro atoms. The van der Waals surface area contributed by atoms with Crippen LogP contribution < -0.4 is 10.6 Å². The number of fused-ring (bicyclic) bond motifs is 3. The molecule has 2 aromatic carbocycles. The lowest BCUT2D eigenvalue weighted by molar-refractivity contribution is -0.141. The Kier molecular flexibility index (Phi) is 8.46. The summed E-state index contributed by atoms with van der Waals surface area (Å²) in [6, 6.07) is 16.0. The number of aliphatic carboxylic acids is 1. The maximum atomic E-state index is 12.5. The number of nitrogens with one attached hydrogen (secondary N) is 2. The zero-order valence-corrected chi connectivity index (χ0v) is 19.2. The first-order valence-corrected chi connectivity index (χ1v) is 11.5. The Morgan fingerprint density at radius 3 is 2.21 bits per heavy atom. The summed E-state index contributed by atoms with van der Waals surface area (Å²) in [5.74, 6) is -1.45. The van der Waals surface area contributed by atoms with E-state index in [9.17, 15) is 14.4 Å². The van der Waals surface area contributed by atoms with E-state index >= 15 is 0 Å². The molecule has 176 valence electrons. The van der Waals surface area contributed by atoms with Crippen LogP contribution in [0.5, 0.6) is 0 Å². The van der Waals surface area contributed by atoms with Crippen LogP contribution in [0.1, 0.15) is 56.6 Å². The van der Waals surface area contributed by atoms with Crippen molar-refractivity contribution in [2.24, 2.45) is 5.92 Å². The molecule has 0 fully saturated rings. The molecular weight excluding hydrogens is 420 g/mol. The molecule has 2 aromatic rings. The average molecular weight is 453 g/mol. The van der Waals surface area contributed by atoms with Gasteiger partial charge in [0.2, 0.25) is 5.91 Å². The fourth-order valence-corrected chi connectivity index (χ4v) is 4.16. The van der Waals surface area contributed by atoms with Gasteiger partial charge in [-0.1, -0.05) is 62.4 Å². The van der Waals surface area contributed by atoms with Crippen molar-refractivity contribution in [3.05, 3.63) is 59.7 Å². The fourth-order valence-electron chi connectivity index (χ4n) is 4.16. The Balaban J connectivity index is 1.46. The van der Waals surface area contributed by atoms with Crippen LogP contribution in [0.25, 0.3) is 11.1 Å². The molecule has 1 aliphatic carbocycles. The van der Waals surface area contributed by atoms with Crippen LogP contribution in [0.3, 0.4) is 0 Å². The molecule has 2 atom stereocenters. The third kappa shape index (κ3) is 6.34. The first kappa shape index (κ1) is 24.3. The third-order valence-electron chi connectivity index (χ3n) is 6.15. The number of hydrogen-bond donors (Lipinski definition) is 3. The molecule has 7 nitrogen and oxygen atoms in total. The second-order valence-corrected chi connectivity index (χ2v) is 8.51. The Hall–Kier alpha value is -3.35. The van der Waals surface area contributed by atoms with Crippen LogP contribution in [0.15, 0.2) is 48.5 Å². The van der Waals surface area contributed by atoms with Crippen LogP contribution in [-0.2, 0) is 14.3 Å². The smallest absolute Gasteiger partial charge is 0.407 e. The fraction of sp³-hybridized carbons (Fsp3) is 0.423. The van der Waals surface area contributed by atoms with Gasteiger partial charge in [0.05, 0.1) is 5.92 Å². The monoisotopic (exact) mass is 452 g/mol. The summed E-state index contributed by atoms with van der Waals surface area (Å²) in [6.07, 6.45) is 1.30. The summed E-state index contributed by atoms with van der Waals surface area (Å²) < 4.78 is 5.56. The lowest BCUT2D eigenvalue weighted by Crippen LogP contribution is -2.39. The predicted molar refractivity (Wildman–Crippen MR) is 126 cm³/mol. The quantitative estimate of drug-likeness (QED) is 0.441. The summed E-state index contributed by atoms with van der Waals surface area (Å²) in [4.78, 5) is 35.5. The minimum absolute atomic E-state index is 0.0141. The predicted octanol–water partition coefficient (Wildman–Crippen LogP) is 4.31. The highest BCUT2D eigenvalue weighted by atomic mass is 16.5. The number of benzene rings is 2. The van der Waals surface area contributed by atoms with Crippen molar-refractivity contribution < 1.29 is 24.2 Å². The Bertz CT molecular complexity index is 945. The molecule has 0 heterocycles. The molecule has 1 aliphatic rings. The number of carboxylic acids is 1. The number of carbonyl (C=O) groups is 3. The number of carbonyl (C=O) groups excluding carboxylic acids is 2. The van der Waals surface area contributed by atoms with Gasteiger partial charge in [0, 0.05) is 24.9 Å². The molecule has 3 N–H and O–H groups in total. The number of ether oxygens (including phenoxy) is 1. The van der Waals surface area contributed by atoms with E-state index in [2.05, 4.69) is 34.9 Å². The maximum Gasteiger partial charge on any atom is 0.407 e. The molecule has 2 unspecified atom stereocenters. The number of alkyl carbamates (subject to hydrolysis) is 1. The van der Waals surface area contributed by atoms with Gasteiger partial charge in [-0.25, -0.2) is 4.79 Å². The van der Waals surface area contributed by atoms with E-state index in [1.165, 1.54) is 11.1 Å². The Morgan fingerprint density at radius 1 is 1.03 bits per heavy atom. The zero-order chi connectivity index (χ0) is 23.8. The number of rotatable bonds is 11. The van der Waals surface area contributed by atoms with Crippen molar-refractivity contribution in [3.63, 3.8) is 0 Å². The lowest BCUT2D eigenvalue weighted by atomic mass is 9.98. The second kappa shape index (κ2) is 11.5. The highest BCUT2D eigenvalue weighted by Gasteiger charge is 2.29. The van der Waals surface area contributed by atoms with Gasteiger partial charge in [0.1, 0.15) is 6.61 Å². The molecule has 0 saturated heterocycles. The standard InChI is InChI=1S/C26H32N2O5/c1-3-18(15-24(29)27-14-8-9-17(2)25(30)31)28-26(32)33-16-23-21-12-6-4-10-19(21)20-11-5-7-13-22(20)23/h4-7,10-13,17-18,23H,3,8-9,14-16H2,1-2H3,(H,27,29)(H,28,32)(H,30,31). The molecule has 3 rings (SSSR count). The van der Waals surface area contributed by atoms with Crippen molar-refractivity contribution in [1.82, 2.24) is 10.6 Å². The summed E-state index contributed by atoms with van der Waals surface area (Å²) in [5.41, 5.74) is 4.64. The Morgan fingerprint density at radius 2 is 1.64 bits per heavy atom. The molecule has 0 bridgehead atoms. The third-order valence-corrected chi connectivity index (χ3v) is 6.15. The maximum absolute atomic E-state index is 12.5. The zero-order valence-electron chi connectivity index (χ0n) is 19.2. The van der Waals surface area contributed by atoms with Crippen LogP contribution in [0.2, 0.25) is 0 Å². The number of hydrogen-bond acceptors (Lipinski definition) is 4. The molecular formula is C26H32N2O5. The molecule has 0 aliphatic heterocycles. The average Bonchev–Trinajstić information content (AvgIpc) is 3.13. The minimum atomic E-state index is -0.834. The number of amides is 2. The topological polar surface area (TPSA) is 105 Å². The van der Waals surface area contributed by atoms with E-state index in [0.717, 1.165) is 11.1 Å². The van der Waals surface area contributed by atoms with Crippen LogP contribution in [0.4, 0.5) is 4.79 Å². The van der Waals surface area contributed by atoms with E-state index in [-0.39, 0.29) is 30.9 Å². The van der Waals surface area contributed by atoms with Crippen molar-refractivity contribution in [2.75, 3.05) is 13.2 Å². The van der Waals surface area contributed by atoms with E-state index in [1.807, 2.05) is 31.2 Å². The normalized spacial score (nSPS) is 14.0. The van der Waals surface area contributed by atoms with E-state index < -0.39 is 18.0 Å². The lowest BCUT2D eigenvalue weighted by Gasteiger charge is -2.19. The van der Waals surface area contributed by atoms with Crippen LogP contribution in [-0.4, -0.2) is 42.3 Å². The Labute approximate surface area is 194 Å². The highest BCUT2D eigenvalue weighted by Crippen LogP contribution is 2.44. The first-order valence-electron chi connectivity index (χ1n) is 11.5. The van der Waals surface area contributed by atoms with Gasteiger partial charge in [-0.3, -0.25) is 9.59 Å². The van der Waals surface area contributed by atoms with Crippen molar-refractivity contribution in [1.29, 1.82) is 0 Å². The van der Waals surface area contributed by atoms with Crippen LogP contribution in [0, 0.1) is 5.92 Å². The van der Waals surface area contributed by atoms with Gasteiger partial charge in [0.25, 0.3) is 0 Å². The van der Waals surface area contributed by atoms with Gasteiger partial charge < -0.3 is 20.5 Å².